The van der Waals surface area contributed by atoms with Gasteiger partial charge in [0.15, 0.2) is 10.9 Å². The Bertz CT molecular complexity index is 984. The van der Waals surface area contributed by atoms with Gasteiger partial charge in [-0.3, -0.25) is 4.79 Å². The number of rotatable bonds is 7. The summed E-state index contributed by atoms with van der Waals surface area (Å²) in [4.78, 5) is 18.1. The molecule has 0 N–H and O–H groups in total. The average molecular weight is 425 g/mol. The predicted octanol–water partition coefficient (Wildman–Crippen LogP) is 4.48. The van der Waals surface area contributed by atoms with E-state index in [-0.39, 0.29) is 23.6 Å². The van der Waals surface area contributed by atoms with Crippen molar-refractivity contribution in [2.45, 2.75) is 23.8 Å². The minimum absolute atomic E-state index is 0.0663. The summed E-state index contributed by atoms with van der Waals surface area (Å²) in [5, 5.41) is 0.813. The number of aryl methyl sites for hydroxylation is 1. The molecule has 0 atom stereocenters. The molecule has 0 aliphatic rings. The van der Waals surface area contributed by atoms with Crippen molar-refractivity contribution < 1.29 is 27.1 Å². The highest BCUT2D eigenvalue weighted by Crippen LogP contribution is 2.27. The number of furan rings is 1. The molecule has 0 unspecified atom stereocenters. The molecule has 154 valence electrons. The Morgan fingerprint density at radius 2 is 2.03 bits per heavy atom. The van der Waals surface area contributed by atoms with E-state index in [1.807, 2.05) is 17.8 Å². The van der Waals surface area contributed by atoms with Crippen LogP contribution in [0.3, 0.4) is 0 Å². The van der Waals surface area contributed by atoms with Crippen molar-refractivity contribution in [2.24, 2.45) is 7.05 Å². The van der Waals surface area contributed by atoms with E-state index in [1.165, 1.54) is 41.9 Å². The zero-order valence-corrected chi connectivity index (χ0v) is 16.5. The number of aromatic nitrogens is 2. The van der Waals surface area contributed by atoms with Gasteiger partial charge in [0.05, 0.1) is 5.75 Å². The van der Waals surface area contributed by atoms with Crippen molar-refractivity contribution >= 4 is 17.7 Å². The lowest BCUT2D eigenvalue weighted by molar-refractivity contribution is -0.275. The largest absolute Gasteiger partial charge is 0.573 e. The maximum absolute atomic E-state index is 12.6. The lowest BCUT2D eigenvalue weighted by Crippen LogP contribution is -2.26. The smallest absolute Gasteiger partial charge is 0.455 e. The molecule has 3 aromatic rings. The zero-order valence-electron chi connectivity index (χ0n) is 15.6. The van der Waals surface area contributed by atoms with Crippen LogP contribution in [0.5, 0.6) is 5.75 Å². The number of ether oxygens (including phenoxy) is 1. The van der Waals surface area contributed by atoms with Crippen molar-refractivity contribution in [3.8, 4) is 5.75 Å². The van der Waals surface area contributed by atoms with E-state index in [0.717, 1.165) is 5.16 Å². The van der Waals surface area contributed by atoms with Gasteiger partial charge in [-0.05, 0) is 18.2 Å². The number of carbonyl (C=O) groups excluding carboxylic acids is 1. The number of halogens is 3. The standard InChI is InChI=1S/C19H18F3N3O3S/c1-24-10-9-23-18(24)29-12-14-7-8-16(27-14)17(26)25(2)11-13-5-3-4-6-15(13)28-19(20,21)22/h3-10H,11-12H2,1-2H3. The SMILES string of the molecule is CN(Cc1ccccc1OC(F)(F)F)C(=O)c1ccc(CSc2nccn2C)o1. The molecule has 29 heavy (non-hydrogen) atoms. The highest BCUT2D eigenvalue weighted by molar-refractivity contribution is 7.98. The Hall–Kier alpha value is -2.88. The van der Waals surface area contributed by atoms with Gasteiger partial charge in [-0.1, -0.05) is 30.0 Å². The number of amides is 1. The van der Waals surface area contributed by atoms with E-state index in [1.54, 1.807) is 24.4 Å². The fourth-order valence-electron chi connectivity index (χ4n) is 2.57. The fourth-order valence-corrected chi connectivity index (χ4v) is 3.40. The molecular weight excluding hydrogens is 407 g/mol. The normalized spacial score (nSPS) is 11.5. The molecule has 0 aliphatic carbocycles. The van der Waals surface area contributed by atoms with E-state index in [0.29, 0.717) is 11.5 Å². The number of hydrogen-bond acceptors (Lipinski definition) is 5. The van der Waals surface area contributed by atoms with Crippen LogP contribution in [0.4, 0.5) is 13.2 Å². The van der Waals surface area contributed by atoms with Crippen LogP contribution in [-0.4, -0.2) is 33.8 Å². The number of alkyl halides is 3. The minimum Gasteiger partial charge on any atom is -0.455 e. The van der Waals surface area contributed by atoms with Gasteiger partial charge in [-0.15, -0.1) is 13.2 Å². The molecule has 2 aromatic heterocycles. The third-order valence-electron chi connectivity index (χ3n) is 3.95. The summed E-state index contributed by atoms with van der Waals surface area (Å²) >= 11 is 1.46. The van der Waals surface area contributed by atoms with Gasteiger partial charge in [0.2, 0.25) is 0 Å². The summed E-state index contributed by atoms with van der Waals surface area (Å²) in [6.07, 6.45) is -1.29. The highest BCUT2D eigenvalue weighted by atomic mass is 32.2. The van der Waals surface area contributed by atoms with Crippen LogP contribution in [0.1, 0.15) is 21.9 Å². The van der Waals surface area contributed by atoms with Crippen molar-refractivity contribution in [1.29, 1.82) is 0 Å². The lowest BCUT2D eigenvalue weighted by Gasteiger charge is -2.19. The first-order chi connectivity index (χ1) is 13.7. The molecule has 3 rings (SSSR count). The van der Waals surface area contributed by atoms with Crippen LogP contribution >= 0.6 is 11.8 Å². The van der Waals surface area contributed by atoms with Crippen molar-refractivity contribution in [2.75, 3.05) is 7.05 Å². The number of nitrogens with zero attached hydrogens (tertiary/aromatic N) is 3. The van der Waals surface area contributed by atoms with Crippen molar-refractivity contribution in [1.82, 2.24) is 14.5 Å². The van der Waals surface area contributed by atoms with Crippen LogP contribution in [0.25, 0.3) is 0 Å². The van der Waals surface area contributed by atoms with Gasteiger partial charge in [0.25, 0.3) is 5.91 Å². The molecule has 0 bridgehead atoms. The third kappa shape index (κ3) is 5.57. The molecule has 1 aromatic carbocycles. The number of imidazole rings is 1. The molecule has 10 heteroatoms. The lowest BCUT2D eigenvalue weighted by atomic mass is 10.2. The summed E-state index contributed by atoms with van der Waals surface area (Å²) in [5.41, 5.74) is 0.234. The van der Waals surface area contributed by atoms with Gasteiger partial charge < -0.3 is 18.6 Å². The minimum atomic E-state index is -4.81. The summed E-state index contributed by atoms with van der Waals surface area (Å²) in [6, 6.07) is 8.94. The molecule has 1 amide bonds. The van der Waals surface area contributed by atoms with Gasteiger partial charge in [-0.2, -0.15) is 0 Å². The van der Waals surface area contributed by atoms with Crippen molar-refractivity contribution in [3.05, 3.63) is 65.9 Å². The van der Waals surface area contributed by atoms with Gasteiger partial charge in [0, 0.05) is 38.6 Å². The molecular formula is C19H18F3N3O3S. The Morgan fingerprint density at radius 1 is 1.28 bits per heavy atom. The predicted molar refractivity (Wildman–Crippen MR) is 100 cm³/mol. The van der Waals surface area contributed by atoms with Crippen molar-refractivity contribution in [3.63, 3.8) is 0 Å². The Balaban J connectivity index is 1.64. The van der Waals surface area contributed by atoms with Crippen LogP contribution in [0.15, 0.2) is 58.4 Å². The van der Waals surface area contributed by atoms with E-state index in [4.69, 9.17) is 4.42 Å². The molecule has 2 heterocycles. The van der Waals surface area contributed by atoms with Gasteiger partial charge in [-0.25, -0.2) is 4.98 Å². The highest BCUT2D eigenvalue weighted by Gasteiger charge is 2.32. The van der Waals surface area contributed by atoms with Crippen LogP contribution in [0.2, 0.25) is 0 Å². The van der Waals surface area contributed by atoms with E-state index in [2.05, 4.69) is 9.72 Å². The second kappa shape index (κ2) is 8.64. The first kappa shape index (κ1) is 20.8. The molecule has 0 saturated heterocycles. The second-order valence-corrected chi connectivity index (χ2v) is 7.13. The third-order valence-corrected chi connectivity index (χ3v) is 5.03. The van der Waals surface area contributed by atoms with E-state index in [9.17, 15) is 18.0 Å². The van der Waals surface area contributed by atoms with Crippen LogP contribution < -0.4 is 4.74 Å². The molecule has 0 aliphatic heterocycles. The number of benzene rings is 1. The Kier molecular flexibility index (Phi) is 6.21. The summed E-state index contributed by atoms with van der Waals surface area (Å²) < 4.78 is 49.2. The molecule has 6 nitrogen and oxygen atoms in total. The first-order valence-electron chi connectivity index (χ1n) is 8.51. The number of thioether (sulfide) groups is 1. The van der Waals surface area contributed by atoms with Crippen LogP contribution in [0, 0.1) is 0 Å². The Morgan fingerprint density at radius 3 is 2.72 bits per heavy atom. The molecule has 0 radical (unpaired) electrons. The summed E-state index contributed by atoms with van der Waals surface area (Å²) in [5.74, 6) is 0.406. The Labute approximate surface area is 169 Å². The zero-order chi connectivity index (χ0) is 21.0. The maximum Gasteiger partial charge on any atom is 0.573 e. The van der Waals surface area contributed by atoms with E-state index < -0.39 is 12.3 Å². The number of hydrogen-bond donors (Lipinski definition) is 0. The first-order valence-corrected chi connectivity index (χ1v) is 9.49. The van der Waals surface area contributed by atoms with Gasteiger partial charge in [0.1, 0.15) is 11.5 Å². The fraction of sp³-hybridized carbons (Fsp3) is 0.263. The van der Waals surface area contributed by atoms with Gasteiger partial charge >= 0.3 is 6.36 Å². The maximum atomic E-state index is 12.6. The summed E-state index contributed by atoms with van der Waals surface area (Å²) in [6.45, 7) is -0.0663. The number of para-hydroxylation sites is 1. The number of carbonyl (C=O) groups is 1. The monoisotopic (exact) mass is 425 g/mol. The topological polar surface area (TPSA) is 60.5 Å². The summed E-state index contributed by atoms with van der Waals surface area (Å²) in [7, 11) is 3.36. The quantitative estimate of drug-likeness (QED) is 0.523. The second-order valence-electron chi connectivity index (χ2n) is 6.19. The molecule has 0 saturated carbocycles. The average Bonchev–Trinajstić information content (AvgIpc) is 3.28. The van der Waals surface area contributed by atoms with E-state index >= 15 is 0 Å². The van der Waals surface area contributed by atoms with Crippen LogP contribution in [-0.2, 0) is 19.3 Å². The molecule has 0 fully saturated rings. The molecule has 0 spiro atoms.